The Labute approximate surface area is 269 Å². The number of nitrogens with zero attached hydrogens (tertiary/aromatic N) is 3. The molecule has 15 heteroatoms. The first-order valence-corrected chi connectivity index (χ1v) is 15.1. The maximum absolute atomic E-state index is 14.3. The van der Waals surface area contributed by atoms with Crippen molar-refractivity contribution in [3.8, 4) is 5.75 Å². The van der Waals surface area contributed by atoms with Gasteiger partial charge < -0.3 is 9.47 Å². The molecular formula is C30H20BrClF3N3O6S. The summed E-state index contributed by atoms with van der Waals surface area (Å²) < 4.78 is 54.7. The van der Waals surface area contributed by atoms with E-state index in [-0.39, 0.29) is 48.9 Å². The Hall–Kier alpha value is -4.27. The van der Waals surface area contributed by atoms with E-state index >= 15 is 0 Å². The van der Waals surface area contributed by atoms with Crippen LogP contribution < -0.4 is 19.6 Å². The van der Waals surface area contributed by atoms with Crippen molar-refractivity contribution in [1.29, 1.82) is 0 Å². The number of nitro groups is 1. The summed E-state index contributed by atoms with van der Waals surface area (Å²) in [5.74, 6) is -1.33. The average molecular weight is 723 g/mol. The number of nitro benzene ring substituents is 1. The summed E-state index contributed by atoms with van der Waals surface area (Å²) >= 11 is 9.94. The maximum atomic E-state index is 14.3. The molecule has 1 aliphatic heterocycles. The van der Waals surface area contributed by atoms with Crippen LogP contribution in [0.25, 0.3) is 6.08 Å². The normalized spacial score (nSPS) is 15.0. The van der Waals surface area contributed by atoms with Gasteiger partial charge in [-0.15, -0.1) is 0 Å². The molecule has 0 radical (unpaired) electrons. The summed E-state index contributed by atoms with van der Waals surface area (Å²) in [5.41, 5.74) is -2.40. The highest BCUT2D eigenvalue weighted by atomic mass is 79.9. The first-order chi connectivity index (χ1) is 21.4. The SMILES string of the molecule is CCOC(=O)C1=C(C(F)(F)F)N=c2s/c(=C\c3cc(Br)c(OCc4ccccc4)c([N+](=O)[O-])c3)c(=O)n2[C@H]1c1ccc(Cl)cc1. The van der Waals surface area contributed by atoms with Gasteiger partial charge in [0.2, 0.25) is 5.75 Å². The number of hydrogen-bond donors (Lipinski definition) is 0. The second-order valence-corrected chi connectivity index (χ2v) is 11.8. The van der Waals surface area contributed by atoms with Crippen LogP contribution in [-0.2, 0) is 16.1 Å². The Morgan fingerprint density at radius 2 is 1.87 bits per heavy atom. The van der Waals surface area contributed by atoms with E-state index in [2.05, 4.69) is 20.9 Å². The minimum Gasteiger partial charge on any atom is -0.481 e. The molecule has 232 valence electrons. The van der Waals surface area contributed by atoms with E-state index < -0.39 is 45.6 Å². The predicted molar refractivity (Wildman–Crippen MR) is 164 cm³/mol. The van der Waals surface area contributed by atoms with Gasteiger partial charge >= 0.3 is 17.8 Å². The van der Waals surface area contributed by atoms with E-state index in [1.807, 2.05) is 6.07 Å². The molecule has 0 bridgehead atoms. The number of hydrogen-bond acceptors (Lipinski definition) is 8. The lowest BCUT2D eigenvalue weighted by molar-refractivity contribution is -0.386. The molecule has 1 aromatic heterocycles. The third-order valence-electron chi connectivity index (χ3n) is 6.55. The number of halogens is 5. The fraction of sp³-hybridized carbons (Fsp3) is 0.167. The van der Waals surface area contributed by atoms with Gasteiger partial charge in [-0.1, -0.05) is 65.4 Å². The molecule has 5 rings (SSSR count). The fourth-order valence-electron chi connectivity index (χ4n) is 4.64. The van der Waals surface area contributed by atoms with Crippen molar-refractivity contribution >= 4 is 56.6 Å². The number of esters is 1. The average Bonchev–Trinajstić information content (AvgIpc) is 3.30. The zero-order chi connectivity index (χ0) is 32.5. The van der Waals surface area contributed by atoms with Crippen LogP contribution in [-0.4, -0.2) is 28.2 Å². The highest BCUT2D eigenvalue weighted by molar-refractivity contribution is 9.10. The first-order valence-electron chi connectivity index (χ1n) is 13.1. The van der Waals surface area contributed by atoms with E-state index in [4.69, 9.17) is 21.1 Å². The molecule has 0 aliphatic carbocycles. The predicted octanol–water partition coefficient (Wildman–Crippen LogP) is 6.24. The standard InChI is InChI=1S/C30H20BrClF3N3O6S/c1-2-43-28(40)23-24(18-8-10-19(32)11-9-18)37-27(39)22(45-29(37)36-26(23)30(33,34)35)14-17-12-20(31)25(21(13-17)38(41)42)44-15-16-6-4-3-5-7-16/h3-14,24H,2,15H2,1H3/b22-14-/t24-/m0/s1. The summed E-state index contributed by atoms with van der Waals surface area (Å²) in [6.07, 6.45) is -3.77. The summed E-state index contributed by atoms with van der Waals surface area (Å²) in [6.45, 7) is 1.27. The van der Waals surface area contributed by atoms with E-state index in [1.54, 1.807) is 24.3 Å². The molecule has 2 heterocycles. The lowest BCUT2D eigenvalue weighted by Crippen LogP contribution is -2.41. The number of thiazole rings is 1. The molecule has 9 nitrogen and oxygen atoms in total. The molecular weight excluding hydrogens is 703 g/mol. The highest BCUT2D eigenvalue weighted by Gasteiger charge is 2.45. The number of fused-ring (bicyclic) bond motifs is 1. The maximum Gasteiger partial charge on any atom is 0.434 e. The van der Waals surface area contributed by atoms with Crippen LogP contribution in [0.4, 0.5) is 18.9 Å². The van der Waals surface area contributed by atoms with Crippen molar-refractivity contribution in [2.24, 2.45) is 4.99 Å². The van der Waals surface area contributed by atoms with Crippen molar-refractivity contribution in [3.05, 3.63) is 134 Å². The van der Waals surface area contributed by atoms with Crippen LogP contribution in [0.15, 0.2) is 92.3 Å². The van der Waals surface area contributed by atoms with E-state index in [1.165, 1.54) is 49.4 Å². The van der Waals surface area contributed by atoms with Gasteiger partial charge in [0, 0.05) is 11.1 Å². The van der Waals surface area contributed by atoms with Gasteiger partial charge in [-0.05, 0) is 63.8 Å². The van der Waals surface area contributed by atoms with E-state index in [0.717, 1.165) is 10.1 Å². The second kappa shape index (κ2) is 13.0. The Morgan fingerprint density at radius 3 is 2.49 bits per heavy atom. The topological polar surface area (TPSA) is 113 Å². The zero-order valence-corrected chi connectivity index (χ0v) is 26.2. The molecule has 45 heavy (non-hydrogen) atoms. The largest absolute Gasteiger partial charge is 0.481 e. The van der Waals surface area contributed by atoms with Gasteiger partial charge in [-0.25, -0.2) is 9.79 Å². The number of aromatic nitrogens is 1. The molecule has 0 fully saturated rings. The molecule has 1 aliphatic rings. The van der Waals surface area contributed by atoms with E-state index in [9.17, 15) is 32.9 Å². The molecule has 0 spiro atoms. The Bertz CT molecular complexity index is 2010. The zero-order valence-electron chi connectivity index (χ0n) is 23.0. The fourth-order valence-corrected chi connectivity index (χ4v) is 6.35. The molecule has 0 saturated carbocycles. The van der Waals surface area contributed by atoms with Crippen LogP contribution in [0.3, 0.4) is 0 Å². The summed E-state index contributed by atoms with van der Waals surface area (Å²) in [4.78, 5) is 41.5. The van der Waals surface area contributed by atoms with Crippen molar-refractivity contribution in [2.45, 2.75) is 25.7 Å². The van der Waals surface area contributed by atoms with Crippen LogP contribution in [0.5, 0.6) is 5.75 Å². The van der Waals surface area contributed by atoms with Crippen molar-refractivity contribution in [1.82, 2.24) is 4.57 Å². The third kappa shape index (κ3) is 6.72. The minimum absolute atomic E-state index is 0.0425. The van der Waals surface area contributed by atoms with Crippen molar-refractivity contribution < 1.29 is 32.4 Å². The Kier molecular flexibility index (Phi) is 9.28. The van der Waals surface area contributed by atoms with Gasteiger partial charge in [0.1, 0.15) is 6.61 Å². The number of alkyl halides is 3. The lowest BCUT2D eigenvalue weighted by Gasteiger charge is -2.26. The van der Waals surface area contributed by atoms with Crippen molar-refractivity contribution in [3.63, 3.8) is 0 Å². The summed E-state index contributed by atoms with van der Waals surface area (Å²) in [7, 11) is 0. The molecule has 0 saturated heterocycles. The van der Waals surface area contributed by atoms with Crippen LogP contribution >= 0.6 is 38.9 Å². The molecule has 0 N–H and O–H groups in total. The first kappa shape index (κ1) is 32.1. The third-order valence-corrected chi connectivity index (χ3v) is 8.37. The number of carbonyl (C=O) groups excluding carboxylic acids is 1. The van der Waals surface area contributed by atoms with Gasteiger partial charge in [0.25, 0.3) is 5.56 Å². The van der Waals surface area contributed by atoms with Gasteiger partial charge in [-0.3, -0.25) is 19.5 Å². The summed E-state index contributed by atoms with van der Waals surface area (Å²) in [6, 6.07) is 15.8. The Balaban J connectivity index is 1.67. The number of rotatable bonds is 8. The van der Waals surface area contributed by atoms with Crippen LogP contribution in [0.2, 0.25) is 5.02 Å². The molecule has 1 atom stereocenters. The molecule has 3 aromatic carbocycles. The number of benzene rings is 3. The quantitative estimate of drug-likeness (QED) is 0.121. The smallest absolute Gasteiger partial charge is 0.434 e. The van der Waals surface area contributed by atoms with Crippen LogP contribution in [0, 0.1) is 10.1 Å². The van der Waals surface area contributed by atoms with Gasteiger partial charge in [-0.2, -0.15) is 13.2 Å². The summed E-state index contributed by atoms with van der Waals surface area (Å²) in [5, 5.41) is 12.3. The van der Waals surface area contributed by atoms with Gasteiger partial charge in [0.05, 0.1) is 32.2 Å². The van der Waals surface area contributed by atoms with Crippen molar-refractivity contribution in [2.75, 3.05) is 6.61 Å². The second-order valence-electron chi connectivity index (χ2n) is 9.50. The number of carbonyl (C=O) groups is 1. The number of allylic oxidation sites excluding steroid dienone is 1. The van der Waals surface area contributed by atoms with Gasteiger partial charge in [0.15, 0.2) is 10.5 Å². The minimum atomic E-state index is -5.07. The Morgan fingerprint density at radius 1 is 1.18 bits per heavy atom. The highest BCUT2D eigenvalue weighted by Crippen LogP contribution is 2.39. The lowest BCUT2D eigenvalue weighted by atomic mass is 9.95. The molecule has 0 amide bonds. The monoisotopic (exact) mass is 721 g/mol. The number of ether oxygens (including phenoxy) is 2. The van der Waals surface area contributed by atoms with Crippen LogP contribution in [0.1, 0.15) is 29.7 Å². The molecule has 4 aromatic rings. The van der Waals surface area contributed by atoms with E-state index in [0.29, 0.717) is 11.3 Å². The molecule has 0 unspecified atom stereocenters.